The molecular weight excluding hydrogens is 545 g/mol. The van der Waals surface area contributed by atoms with Crippen molar-refractivity contribution in [3.63, 3.8) is 0 Å². The number of carbonyl (C=O) groups excluding carboxylic acids is 1. The van der Waals surface area contributed by atoms with Gasteiger partial charge in [-0.15, -0.1) is 0 Å². The molecule has 0 fully saturated rings. The average Bonchev–Trinajstić information content (AvgIpc) is 2.84. The van der Waals surface area contributed by atoms with Crippen molar-refractivity contribution in [2.45, 2.75) is 29.2 Å². The highest BCUT2D eigenvalue weighted by molar-refractivity contribution is 7.92. The fraction of sp³-hybridized carbons (Fsp3) is 0.192. The SMILES string of the molecule is CCOC(=O)C1=C(O)[C@@H](S(=O)(=O)c2ccc(Cl)cc2)[C@H](c2ccc(Cl)cc2)N[C@H]1c1ccc(Cl)cc1. The van der Waals surface area contributed by atoms with Crippen LogP contribution in [0.4, 0.5) is 0 Å². The summed E-state index contributed by atoms with van der Waals surface area (Å²) in [5, 5.41) is 14.6. The maximum atomic E-state index is 13.9. The van der Waals surface area contributed by atoms with E-state index in [4.69, 9.17) is 39.5 Å². The number of nitrogens with one attached hydrogen (secondary N) is 1. The second-order valence-electron chi connectivity index (χ2n) is 8.12. The third kappa shape index (κ3) is 5.26. The monoisotopic (exact) mass is 565 g/mol. The Labute approximate surface area is 224 Å². The molecule has 1 aliphatic heterocycles. The molecule has 10 heteroatoms. The van der Waals surface area contributed by atoms with Crippen molar-refractivity contribution in [1.29, 1.82) is 0 Å². The van der Waals surface area contributed by atoms with E-state index in [9.17, 15) is 18.3 Å². The number of hydrogen-bond acceptors (Lipinski definition) is 6. The maximum absolute atomic E-state index is 13.9. The first-order valence-electron chi connectivity index (χ1n) is 11.0. The number of aliphatic hydroxyl groups is 1. The summed E-state index contributed by atoms with van der Waals surface area (Å²) in [4.78, 5) is 13.0. The minimum absolute atomic E-state index is 0.0398. The van der Waals surface area contributed by atoms with Crippen molar-refractivity contribution >= 4 is 50.6 Å². The molecule has 0 amide bonds. The van der Waals surface area contributed by atoms with Crippen molar-refractivity contribution in [3.05, 3.63) is 110 Å². The van der Waals surface area contributed by atoms with E-state index in [0.717, 1.165) is 0 Å². The second kappa shape index (κ2) is 10.8. The van der Waals surface area contributed by atoms with E-state index in [1.54, 1.807) is 55.5 Å². The molecule has 0 saturated heterocycles. The fourth-order valence-electron chi connectivity index (χ4n) is 4.20. The molecule has 0 spiro atoms. The highest BCUT2D eigenvalue weighted by Gasteiger charge is 2.48. The molecule has 0 unspecified atom stereocenters. The molecule has 3 aromatic rings. The van der Waals surface area contributed by atoms with Crippen LogP contribution in [0.5, 0.6) is 0 Å². The van der Waals surface area contributed by atoms with Crippen molar-refractivity contribution in [1.82, 2.24) is 5.32 Å². The van der Waals surface area contributed by atoms with E-state index in [1.165, 1.54) is 24.3 Å². The zero-order valence-electron chi connectivity index (χ0n) is 19.0. The lowest BCUT2D eigenvalue weighted by molar-refractivity contribution is -0.139. The number of sulfone groups is 1. The smallest absolute Gasteiger partial charge is 0.339 e. The molecule has 36 heavy (non-hydrogen) atoms. The van der Waals surface area contributed by atoms with Crippen LogP contribution >= 0.6 is 34.8 Å². The highest BCUT2D eigenvalue weighted by Crippen LogP contribution is 2.42. The number of halogens is 3. The number of carbonyl (C=O) groups is 1. The molecule has 0 radical (unpaired) electrons. The van der Waals surface area contributed by atoms with Crippen molar-refractivity contribution in [3.8, 4) is 0 Å². The van der Waals surface area contributed by atoms with Gasteiger partial charge in [0.1, 0.15) is 11.0 Å². The molecule has 3 atom stereocenters. The average molecular weight is 567 g/mol. The van der Waals surface area contributed by atoms with Gasteiger partial charge < -0.3 is 9.84 Å². The first kappa shape index (κ1) is 26.5. The second-order valence-corrected chi connectivity index (χ2v) is 11.5. The largest absolute Gasteiger partial charge is 0.510 e. The molecule has 4 rings (SSSR count). The zero-order valence-corrected chi connectivity index (χ0v) is 22.1. The van der Waals surface area contributed by atoms with Gasteiger partial charge in [0.15, 0.2) is 9.84 Å². The quantitative estimate of drug-likeness (QED) is 0.343. The number of hydrogen-bond donors (Lipinski definition) is 2. The third-order valence-electron chi connectivity index (χ3n) is 5.89. The summed E-state index contributed by atoms with van der Waals surface area (Å²) in [6, 6.07) is 17.1. The van der Waals surface area contributed by atoms with Gasteiger partial charge in [-0.3, -0.25) is 5.32 Å². The topological polar surface area (TPSA) is 92.7 Å². The Kier molecular flexibility index (Phi) is 7.97. The van der Waals surface area contributed by atoms with E-state index in [1.807, 2.05) is 0 Å². The molecule has 0 bridgehead atoms. The van der Waals surface area contributed by atoms with Gasteiger partial charge in [-0.25, -0.2) is 13.2 Å². The number of rotatable bonds is 6. The molecule has 6 nitrogen and oxygen atoms in total. The first-order chi connectivity index (χ1) is 17.1. The molecule has 0 aliphatic carbocycles. The zero-order chi connectivity index (χ0) is 26.0. The van der Waals surface area contributed by atoms with Crippen molar-refractivity contribution in [2.75, 3.05) is 6.61 Å². The van der Waals surface area contributed by atoms with E-state index in [0.29, 0.717) is 26.2 Å². The van der Waals surface area contributed by atoms with Gasteiger partial charge in [0.25, 0.3) is 0 Å². The van der Waals surface area contributed by atoms with Crippen LogP contribution in [0.15, 0.2) is 89.0 Å². The molecule has 3 aromatic carbocycles. The van der Waals surface area contributed by atoms with Gasteiger partial charge in [0.05, 0.1) is 29.2 Å². The normalized spacial score (nSPS) is 20.3. The predicted molar refractivity (Wildman–Crippen MR) is 140 cm³/mol. The third-order valence-corrected chi connectivity index (χ3v) is 8.74. The van der Waals surface area contributed by atoms with E-state index in [2.05, 4.69) is 5.32 Å². The lowest BCUT2D eigenvalue weighted by Gasteiger charge is -2.38. The van der Waals surface area contributed by atoms with Crippen LogP contribution in [0, 0.1) is 0 Å². The van der Waals surface area contributed by atoms with E-state index >= 15 is 0 Å². The Bertz CT molecular complexity index is 1390. The summed E-state index contributed by atoms with van der Waals surface area (Å²) >= 11 is 18.1. The van der Waals surface area contributed by atoms with Crippen LogP contribution in [-0.2, 0) is 19.4 Å². The predicted octanol–water partition coefficient (Wildman–Crippen LogP) is 6.25. The van der Waals surface area contributed by atoms with Gasteiger partial charge in [-0.05, 0) is 66.6 Å². The van der Waals surface area contributed by atoms with Crippen LogP contribution in [0.3, 0.4) is 0 Å². The van der Waals surface area contributed by atoms with Gasteiger partial charge >= 0.3 is 5.97 Å². The Morgan fingerprint density at radius 1 is 0.861 bits per heavy atom. The molecule has 0 aromatic heterocycles. The van der Waals surface area contributed by atoms with Gasteiger partial charge in [-0.1, -0.05) is 59.1 Å². The lowest BCUT2D eigenvalue weighted by Crippen LogP contribution is -2.47. The summed E-state index contributed by atoms with van der Waals surface area (Å²) in [7, 11) is -4.22. The Morgan fingerprint density at radius 2 is 1.33 bits per heavy atom. The van der Waals surface area contributed by atoms with Crippen LogP contribution in [0.25, 0.3) is 0 Å². The van der Waals surface area contributed by atoms with E-state index in [-0.39, 0.29) is 17.1 Å². The summed E-state index contributed by atoms with van der Waals surface area (Å²) in [5.74, 6) is -1.42. The molecule has 1 aliphatic rings. The number of esters is 1. The molecule has 0 saturated carbocycles. The Hall–Kier alpha value is -2.55. The van der Waals surface area contributed by atoms with Gasteiger partial charge in [-0.2, -0.15) is 0 Å². The summed E-state index contributed by atoms with van der Waals surface area (Å²) < 4.78 is 33.0. The van der Waals surface area contributed by atoms with Crippen LogP contribution in [0.2, 0.25) is 15.1 Å². The minimum Gasteiger partial charge on any atom is -0.510 e. The Morgan fingerprint density at radius 3 is 1.83 bits per heavy atom. The van der Waals surface area contributed by atoms with Crippen molar-refractivity contribution < 1.29 is 23.1 Å². The van der Waals surface area contributed by atoms with Crippen molar-refractivity contribution in [2.24, 2.45) is 0 Å². The lowest BCUT2D eigenvalue weighted by atomic mass is 9.88. The van der Waals surface area contributed by atoms with Crippen LogP contribution in [-0.4, -0.2) is 31.4 Å². The maximum Gasteiger partial charge on any atom is 0.339 e. The minimum atomic E-state index is -4.22. The van der Waals surface area contributed by atoms with Crippen LogP contribution < -0.4 is 5.32 Å². The summed E-state index contributed by atoms with van der Waals surface area (Å²) in [5.41, 5.74) is 0.956. The number of ether oxygens (including phenoxy) is 1. The molecule has 1 heterocycles. The number of benzene rings is 3. The van der Waals surface area contributed by atoms with Gasteiger partial charge in [0, 0.05) is 15.1 Å². The highest BCUT2D eigenvalue weighted by atomic mass is 35.5. The summed E-state index contributed by atoms with van der Waals surface area (Å²) in [6.07, 6.45) is 0. The van der Waals surface area contributed by atoms with E-state index < -0.39 is 38.9 Å². The van der Waals surface area contributed by atoms with Gasteiger partial charge in [0.2, 0.25) is 0 Å². The molecule has 188 valence electrons. The molecular formula is C26H22Cl3NO5S. The fourth-order valence-corrected chi connectivity index (χ4v) is 6.40. The van der Waals surface area contributed by atoms with Crippen LogP contribution in [0.1, 0.15) is 30.1 Å². The first-order valence-corrected chi connectivity index (χ1v) is 13.7. The summed E-state index contributed by atoms with van der Waals surface area (Å²) in [6.45, 7) is 1.67. The standard InChI is InChI=1S/C26H22Cl3NO5S/c1-2-35-26(32)21-22(15-3-7-17(27)8-4-15)30-23(16-5-9-18(28)10-6-16)25(24(21)31)36(33,34)20-13-11-19(29)12-14-20/h3-14,22-23,25,30-31H,2H2,1H3/t22-,23-,25-/m0/s1. The number of aliphatic hydroxyl groups excluding tert-OH is 1. The molecule has 2 N–H and O–H groups in total. The Balaban J connectivity index is 1.96.